The van der Waals surface area contributed by atoms with Gasteiger partial charge in [-0.25, -0.2) is 0 Å². The molecular weight excluding hydrogens is 752 g/mol. The molecule has 0 aliphatic carbocycles. The highest BCUT2D eigenvalue weighted by atomic mass is 35.5. The van der Waals surface area contributed by atoms with E-state index in [1.165, 1.54) is 7.11 Å². The van der Waals surface area contributed by atoms with E-state index >= 15 is 0 Å². The largest absolute Gasteiger partial charge is 0.469 e. The predicted octanol–water partition coefficient (Wildman–Crippen LogP) is 7.70. The quantitative estimate of drug-likeness (QED) is 0.0992. The summed E-state index contributed by atoms with van der Waals surface area (Å²) < 4.78 is 4.25. The normalized spacial score (nSPS) is 9.77. The van der Waals surface area contributed by atoms with Crippen molar-refractivity contribution in [2.75, 3.05) is 13.0 Å². The molecule has 0 spiro atoms. The maximum Gasteiger partial charge on any atom is 0.305 e. The number of methoxy groups -OCH3 is 1. The minimum absolute atomic E-state index is 0.0316. The summed E-state index contributed by atoms with van der Waals surface area (Å²) in [7, 11) is 1.26. The third-order valence-electron chi connectivity index (χ3n) is 4.24. The fourth-order valence-electron chi connectivity index (χ4n) is 2.04. The number of hydrogen-bond donors (Lipinski definition) is 0. The van der Waals surface area contributed by atoms with E-state index in [-0.39, 0.29) is 49.0 Å². The van der Waals surface area contributed by atoms with Crippen LogP contribution in [0.2, 0.25) is 0 Å². The molecule has 0 aliphatic rings. The summed E-state index contributed by atoms with van der Waals surface area (Å²) in [6.07, 6.45) is 2.21. The Morgan fingerprint density at radius 2 is 1.02 bits per heavy atom. The van der Waals surface area contributed by atoms with Gasteiger partial charge in [-0.1, -0.05) is 37.3 Å². The standard InChI is InChI=1S/C9H9ClO.C6H8Cl2O2.C5H7ClO3.C4H4Cl2O2.C3H4Cl2O/c10-9(11)7-6-8-4-2-1-3-5-8;1-2-4(6(8)10)3-5(7)9;1-9-5(8)3-2-4(6)7;5-3(7)1-2-4(6)8;4-2-1-3(5)6/h1-5H,6-7H2;4H,2-3H2,1H3;2-3H2,1H3;1-2H2;1-2H2. The van der Waals surface area contributed by atoms with Crippen molar-refractivity contribution >= 4 is 135 Å². The van der Waals surface area contributed by atoms with E-state index < -0.39 is 38.1 Å². The van der Waals surface area contributed by atoms with E-state index in [4.69, 9.17) is 92.8 Å². The molecule has 0 amide bonds. The van der Waals surface area contributed by atoms with Crippen LogP contribution in [-0.2, 0) is 49.5 Å². The average Bonchev–Trinajstić information content (AvgIpc) is 2.94. The Hall–Kier alpha value is -1.30. The SMILES string of the molecule is CCC(CC(=O)Cl)C(=O)Cl.COC(=O)CCC(=O)Cl.O=C(Cl)CCC(=O)Cl.O=C(Cl)CCCl.O=C(Cl)CCc1ccccc1. The zero-order chi connectivity index (χ0) is 35.1. The molecule has 9 nitrogen and oxygen atoms in total. The third kappa shape index (κ3) is 47.6. The molecule has 1 rings (SSSR count). The summed E-state index contributed by atoms with van der Waals surface area (Å²) in [6.45, 7) is 1.78. The van der Waals surface area contributed by atoms with Gasteiger partial charge in [0.05, 0.1) is 13.5 Å². The van der Waals surface area contributed by atoms with E-state index in [1.807, 2.05) is 30.3 Å². The van der Waals surface area contributed by atoms with Crippen LogP contribution in [0.25, 0.3) is 0 Å². The molecule has 0 aromatic heterocycles. The van der Waals surface area contributed by atoms with Gasteiger partial charge in [0.1, 0.15) is 0 Å². The van der Waals surface area contributed by atoms with E-state index in [9.17, 15) is 38.4 Å². The molecule has 44 heavy (non-hydrogen) atoms. The molecule has 0 saturated heterocycles. The number of carbonyl (C=O) groups is 8. The number of carbonyl (C=O) groups excluding carboxylic acids is 8. The second-order valence-corrected chi connectivity index (χ2v) is 11.0. The Kier molecular flexibility index (Phi) is 39.0. The van der Waals surface area contributed by atoms with Crippen LogP contribution >= 0.6 is 92.8 Å². The highest BCUT2D eigenvalue weighted by Gasteiger charge is 2.16. The summed E-state index contributed by atoms with van der Waals surface area (Å²) in [6, 6.07) is 9.83. The summed E-state index contributed by atoms with van der Waals surface area (Å²) in [5.74, 6) is -0.502. The zero-order valence-electron chi connectivity index (χ0n) is 23.7. The Morgan fingerprint density at radius 3 is 1.27 bits per heavy atom. The van der Waals surface area contributed by atoms with E-state index in [0.717, 1.165) is 12.0 Å². The van der Waals surface area contributed by atoms with Gasteiger partial charge in [0.15, 0.2) is 0 Å². The van der Waals surface area contributed by atoms with E-state index in [1.54, 1.807) is 6.92 Å². The molecule has 1 aromatic carbocycles. The first kappa shape index (κ1) is 49.6. The maximum absolute atomic E-state index is 10.5. The van der Waals surface area contributed by atoms with Gasteiger partial charge in [0.25, 0.3) is 0 Å². The summed E-state index contributed by atoms with van der Waals surface area (Å²) in [5, 5.41) is -3.21. The number of aryl methyl sites for hydroxylation is 1. The lowest BCUT2D eigenvalue weighted by Crippen LogP contribution is -2.10. The van der Waals surface area contributed by atoms with Crippen molar-refractivity contribution in [2.24, 2.45) is 5.92 Å². The first-order valence-electron chi connectivity index (χ1n) is 12.4. The summed E-state index contributed by atoms with van der Waals surface area (Å²) >= 11 is 40.0. The molecule has 0 aliphatic heterocycles. The molecule has 0 saturated carbocycles. The van der Waals surface area contributed by atoms with Gasteiger partial charge >= 0.3 is 5.97 Å². The lowest BCUT2D eigenvalue weighted by Gasteiger charge is -2.03. The van der Waals surface area contributed by atoms with Crippen molar-refractivity contribution in [3.63, 3.8) is 0 Å². The van der Waals surface area contributed by atoms with Crippen molar-refractivity contribution in [1.29, 1.82) is 0 Å². The van der Waals surface area contributed by atoms with Crippen LogP contribution in [0.3, 0.4) is 0 Å². The number of ether oxygens (including phenoxy) is 1. The Morgan fingerprint density at radius 1 is 0.614 bits per heavy atom. The highest BCUT2D eigenvalue weighted by molar-refractivity contribution is 6.67. The second-order valence-electron chi connectivity index (χ2n) is 7.74. The average molecular weight is 784 g/mol. The van der Waals surface area contributed by atoms with Gasteiger partial charge < -0.3 is 4.74 Å². The fraction of sp³-hybridized carbons (Fsp3) is 0.481. The van der Waals surface area contributed by atoms with Crippen LogP contribution in [0.5, 0.6) is 0 Å². The van der Waals surface area contributed by atoms with Crippen LogP contribution < -0.4 is 0 Å². The molecule has 0 N–H and O–H groups in total. The Bertz CT molecular complexity index is 1010. The van der Waals surface area contributed by atoms with Crippen molar-refractivity contribution in [2.45, 2.75) is 64.7 Å². The first-order chi connectivity index (χ1) is 20.4. The molecular formula is C27H32Cl8O9. The minimum Gasteiger partial charge on any atom is -0.469 e. The zero-order valence-corrected chi connectivity index (χ0v) is 29.8. The molecule has 17 heteroatoms. The molecule has 0 heterocycles. The van der Waals surface area contributed by atoms with Gasteiger partial charge in [-0.05, 0) is 99.6 Å². The molecule has 1 unspecified atom stereocenters. The Balaban J connectivity index is -0.000000231. The number of benzene rings is 1. The number of rotatable bonds is 15. The monoisotopic (exact) mass is 780 g/mol. The van der Waals surface area contributed by atoms with Gasteiger partial charge in [-0.2, -0.15) is 0 Å². The van der Waals surface area contributed by atoms with Crippen molar-refractivity contribution < 1.29 is 43.1 Å². The predicted molar refractivity (Wildman–Crippen MR) is 175 cm³/mol. The summed E-state index contributed by atoms with van der Waals surface area (Å²) in [4.78, 5) is 81.0. The van der Waals surface area contributed by atoms with Crippen LogP contribution in [0, 0.1) is 5.92 Å². The van der Waals surface area contributed by atoms with Crippen LogP contribution in [0.4, 0.5) is 0 Å². The fourth-order valence-corrected chi connectivity index (χ4v) is 3.20. The smallest absolute Gasteiger partial charge is 0.305 e. The van der Waals surface area contributed by atoms with Gasteiger partial charge in [-0.3, -0.25) is 38.4 Å². The topological polar surface area (TPSA) is 146 Å². The van der Waals surface area contributed by atoms with Gasteiger partial charge in [-0.15, -0.1) is 11.6 Å². The number of halogens is 8. The van der Waals surface area contributed by atoms with Crippen molar-refractivity contribution in [3.05, 3.63) is 35.9 Å². The van der Waals surface area contributed by atoms with Gasteiger partial charge in [0, 0.05) is 50.3 Å². The van der Waals surface area contributed by atoms with Crippen LogP contribution in [0.15, 0.2) is 30.3 Å². The highest BCUT2D eigenvalue weighted by Crippen LogP contribution is 2.13. The molecule has 250 valence electrons. The lowest BCUT2D eigenvalue weighted by atomic mass is 10.1. The molecule has 0 fully saturated rings. The number of esters is 1. The third-order valence-corrected chi connectivity index (χ3v) is 5.83. The summed E-state index contributed by atoms with van der Waals surface area (Å²) in [5.41, 5.74) is 1.15. The van der Waals surface area contributed by atoms with Crippen LogP contribution in [0.1, 0.15) is 63.9 Å². The minimum atomic E-state index is -0.529. The number of alkyl halides is 1. The lowest BCUT2D eigenvalue weighted by molar-refractivity contribution is -0.141. The molecule has 1 atom stereocenters. The molecule has 0 radical (unpaired) electrons. The maximum atomic E-state index is 10.5. The molecule has 1 aromatic rings. The van der Waals surface area contributed by atoms with Gasteiger partial charge in [0.2, 0.25) is 36.7 Å². The van der Waals surface area contributed by atoms with Crippen LogP contribution in [-0.4, -0.2) is 55.7 Å². The number of hydrogen-bond acceptors (Lipinski definition) is 9. The van der Waals surface area contributed by atoms with Crippen molar-refractivity contribution in [3.8, 4) is 0 Å². The Labute approximate surface area is 296 Å². The van der Waals surface area contributed by atoms with Crippen molar-refractivity contribution in [1.82, 2.24) is 0 Å². The van der Waals surface area contributed by atoms with E-state index in [2.05, 4.69) is 4.74 Å². The van der Waals surface area contributed by atoms with E-state index in [0.29, 0.717) is 18.7 Å². The first-order valence-corrected chi connectivity index (χ1v) is 15.6. The second kappa shape index (κ2) is 34.6. The molecule has 0 bridgehead atoms.